The predicted octanol–water partition coefficient (Wildman–Crippen LogP) is 3.57. The van der Waals surface area contributed by atoms with Gasteiger partial charge in [0.1, 0.15) is 11.6 Å². The Morgan fingerprint density at radius 3 is 2.50 bits per heavy atom. The summed E-state index contributed by atoms with van der Waals surface area (Å²) >= 11 is 0. The number of anilines is 2. The smallest absolute Gasteiger partial charge is 0.257 e. The molecule has 0 unspecified atom stereocenters. The van der Waals surface area contributed by atoms with Gasteiger partial charge in [-0.25, -0.2) is 8.78 Å². The Balaban J connectivity index is 2.32. The third-order valence-electron chi connectivity index (χ3n) is 2.87. The highest BCUT2D eigenvalue weighted by molar-refractivity contribution is 6.08. The van der Waals surface area contributed by atoms with Gasteiger partial charge in [-0.15, -0.1) is 0 Å². The Kier molecular flexibility index (Phi) is 3.98. The summed E-state index contributed by atoms with van der Waals surface area (Å²) in [4.78, 5) is 12.2. The van der Waals surface area contributed by atoms with Crippen molar-refractivity contribution in [2.75, 3.05) is 17.7 Å². The summed E-state index contributed by atoms with van der Waals surface area (Å²) in [5.74, 6) is -1.79. The Labute approximate surface area is 115 Å². The van der Waals surface area contributed by atoms with E-state index < -0.39 is 17.5 Å². The second kappa shape index (κ2) is 5.69. The minimum absolute atomic E-state index is 0.182. The summed E-state index contributed by atoms with van der Waals surface area (Å²) in [6.45, 7) is 1.85. The molecule has 20 heavy (non-hydrogen) atoms. The van der Waals surface area contributed by atoms with Gasteiger partial charge < -0.3 is 10.6 Å². The highest BCUT2D eigenvalue weighted by Crippen LogP contribution is 2.20. The maximum atomic E-state index is 13.5. The van der Waals surface area contributed by atoms with Crippen LogP contribution < -0.4 is 10.6 Å². The number of hydrogen-bond acceptors (Lipinski definition) is 2. The van der Waals surface area contributed by atoms with E-state index in [-0.39, 0.29) is 5.69 Å². The van der Waals surface area contributed by atoms with E-state index in [0.717, 1.165) is 23.8 Å². The standard InChI is InChI=1S/C15H14F2N2O/c1-9-3-6-13(18-2)11(7-9)15(20)19-14-8-10(16)4-5-12(14)17/h3-8,18H,1-2H3,(H,19,20). The van der Waals surface area contributed by atoms with Gasteiger partial charge in [0.05, 0.1) is 11.3 Å². The van der Waals surface area contributed by atoms with Crippen molar-refractivity contribution in [1.29, 1.82) is 0 Å². The molecule has 0 spiro atoms. The topological polar surface area (TPSA) is 41.1 Å². The van der Waals surface area contributed by atoms with Crippen LogP contribution in [0.15, 0.2) is 36.4 Å². The Bertz CT molecular complexity index is 656. The summed E-state index contributed by atoms with van der Waals surface area (Å²) in [6, 6.07) is 8.20. The summed E-state index contributed by atoms with van der Waals surface area (Å²) in [5, 5.41) is 5.26. The number of rotatable bonds is 3. The highest BCUT2D eigenvalue weighted by Gasteiger charge is 2.13. The second-order valence-electron chi connectivity index (χ2n) is 4.38. The van der Waals surface area contributed by atoms with E-state index in [1.54, 1.807) is 19.2 Å². The minimum atomic E-state index is -0.682. The summed E-state index contributed by atoms with van der Waals surface area (Å²) in [6.07, 6.45) is 0. The number of amides is 1. The van der Waals surface area contributed by atoms with Crippen molar-refractivity contribution in [3.63, 3.8) is 0 Å². The van der Waals surface area contributed by atoms with Crippen molar-refractivity contribution in [3.05, 3.63) is 59.2 Å². The molecule has 0 atom stereocenters. The summed E-state index contributed by atoms with van der Waals surface area (Å²) < 4.78 is 26.6. The second-order valence-corrected chi connectivity index (χ2v) is 4.38. The van der Waals surface area contributed by atoms with Gasteiger partial charge in [0.25, 0.3) is 5.91 Å². The minimum Gasteiger partial charge on any atom is -0.387 e. The predicted molar refractivity (Wildman–Crippen MR) is 75.0 cm³/mol. The van der Waals surface area contributed by atoms with E-state index in [4.69, 9.17) is 0 Å². The third kappa shape index (κ3) is 2.93. The molecule has 0 aliphatic heterocycles. The molecule has 104 valence electrons. The average molecular weight is 276 g/mol. The van der Waals surface area contributed by atoms with Gasteiger partial charge in [-0.2, -0.15) is 0 Å². The quantitative estimate of drug-likeness (QED) is 0.899. The molecule has 2 N–H and O–H groups in total. The average Bonchev–Trinajstić information content (AvgIpc) is 2.42. The van der Waals surface area contributed by atoms with E-state index in [9.17, 15) is 13.6 Å². The van der Waals surface area contributed by atoms with Crippen LogP contribution in [0.5, 0.6) is 0 Å². The Morgan fingerprint density at radius 1 is 1.05 bits per heavy atom. The number of nitrogens with one attached hydrogen (secondary N) is 2. The zero-order valence-corrected chi connectivity index (χ0v) is 11.1. The number of hydrogen-bond donors (Lipinski definition) is 2. The lowest BCUT2D eigenvalue weighted by Gasteiger charge is -2.11. The van der Waals surface area contributed by atoms with Crippen molar-refractivity contribution in [2.45, 2.75) is 6.92 Å². The first-order valence-electron chi connectivity index (χ1n) is 6.06. The Hall–Kier alpha value is -2.43. The van der Waals surface area contributed by atoms with Crippen LogP contribution in [0, 0.1) is 18.6 Å². The normalized spacial score (nSPS) is 10.2. The van der Waals surface area contributed by atoms with Crippen LogP contribution in [0.3, 0.4) is 0 Å². The monoisotopic (exact) mass is 276 g/mol. The first-order chi connectivity index (χ1) is 9.51. The van der Waals surface area contributed by atoms with Crippen LogP contribution in [-0.4, -0.2) is 13.0 Å². The molecule has 0 saturated heterocycles. The molecule has 0 aliphatic carbocycles. The number of benzene rings is 2. The Morgan fingerprint density at radius 2 is 1.80 bits per heavy atom. The fraction of sp³-hybridized carbons (Fsp3) is 0.133. The lowest BCUT2D eigenvalue weighted by Crippen LogP contribution is -2.15. The first kappa shape index (κ1) is 14.0. The molecule has 0 saturated carbocycles. The van der Waals surface area contributed by atoms with Crippen molar-refractivity contribution in [3.8, 4) is 0 Å². The molecule has 5 heteroatoms. The van der Waals surface area contributed by atoms with Crippen molar-refractivity contribution >= 4 is 17.3 Å². The maximum Gasteiger partial charge on any atom is 0.257 e. The molecule has 2 aromatic rings. The zero-order valence-electron chi connectivity index (χ0n) is 11.1. The van der Waals surface area contributed by atoms with Crippen LogP contribution in [0.1, 0.15) is 15.9 Å². The van der Waals surface area contributed by atoms with Crippen LogP contribution >= 0.6 is 0 Å². The molecule has 0 radical (unpaired) electrons. The lowest BCUT2D eigenvalue weighted by molar-refractivity contribution is 0.102. The molecule has 2 rings (SSSR count). The number of carbonyl (C=O) groups is 1. The summed E-state index contributed by atoms with van der Waals surface area (Å²) in [7, 11) is 1.68. The molecule has 0 aromatic heterocycles. The van der Waals surface area contributed by atoms with Crippen LogP contribution in [0.2, 0.25) is 0 Å². The molecular weight excluding hydrogens is 262 g/mol. The van der Waals surface area contributed by atoms with Gasteiger partial charge in [0, 0.05) is 18.8 Å². The molecule has 0 bridgehead atoms. The fourth-order valence-corrected chi connectivity index (χ4v) is 1.85. The van der Waals surface area contributed by atoms with Gasteiger partial charge in [0.2, 0.25) is 0 Å². The van der Waals surface area contributed by atoms with Gasteiger partial charge >= 0.3 is 0 Å². The maximum absolute atomic E-state index is 13.5. The van der Waals surface area contributed by atoms with E-state index in [1.165, 1.54) is 0 Å². The number of aryl methyl sites for hydroxylation is 1. The van der Waals surface area contributed by atoms with E-state index >= 15 is 0 Å². The SMILES string of the molecule is CNc1ccc(C)cc1C(=O)Nc1cc(F)ccc1F. The number of carbonyl (C=O) groups excluding carboxylic acids is 1. The van der Waals surface area contributed by atoms with Crippen molar-refractivity contribution in [2.24, 2.45) is 0 Å². The molecule has 2 aromatic carbocycles. The van der Waals surface area contributed by atoms with Gasteiger partial charge in [0.15, 0.2) is 0 Å². The highest BCUT2D eigenvalue weighted by atomic mass is 19.1. The third-order valence-corrected chi connectivity index (χ3v) is 2.87. The summed E-state index contributed by atoms with van der Waals surface area (Å²) in [5.41, 5.74) is 1.70. The molecule has 0 aliphatic rings. The van der Waals surface area contributed by atoms with E-state index in [1.807, 2.05) is 13.0 Å². The van der Waals surface area contributed by atoms with Crippen molar-refractivity contribution < 1.29 is 13.6 Å². The lowest BCUT2D eigenvalue weighted by atomic mass is 10.1. The first-order valence-corrected chi connectivity index (χ1v) is 6.06. The molecule has 0 heterocycles. The van der Waals surface area contributed by atoms with Gasteiger partial charge in [-0.1, -0.05) is 11.6 Å². The van der Waals surface area contributed by atoms with Crippen molar-refractivity contribution in [1.82, 2.24) is 0 Å². The molecule has 3 nitrogen and oxygen atoms in total. The van der Waals surface area contributed by atoms with Crippen LogP contribution in [0.25, 0.3) is 0 Å². The molecule has 0 fully saturated rings. The fourth-order valence-electron chi connectivity index (χ4n) is 1.85. The van der Waals surface area contributed by atoms with Crippen LogP contribution in [0.4, 0.5) is 20.2 Å². The van der Waals surface area contributed by atoms with E-state index in [0.29, 0.717) is 11.3 Å². The van der Waals surface area contributed by atoms with Crippen LogP contribution in [-0.2, 0) is 0 Å². The zero-order chi connectivity index (χ0) is 14.7. The largest absolute Gasteiger partial charge is 0.387 e. The van der Waals surface area contributed by atoms with Gasteiger partial charge in [-0.05, 0) is 31.2 Å². The van der Waals surface area contributed by atoms with E-state index in [2.05, 4.69) is 10.6 Å². The number of halogens is 2. The molecule has 1 amide bonds. The van der Waals surface area contributed by atoms with Gasteiger partial charge in [-0.3, -0.25) is 4.79 Å². The molecular formula is C15H14F2N2O.